The van der Waals surface area contributed by atoms with Gasteiger partial charge < -0.3 is 10.1 Å². The molecule has 1 saturated carbocycles. The highest BCUT2D eigenvalue weighted by Crippen LogP contribution is 2.34. The number of imidazole rings is 1. The molecule has 0 amide bonds. The number of H-pyrrole nitrogens is 1. The second-order valence-electron chi connectivity index (χ2n) is 4.97. The number of rotatable bonds is 3. The molecule has 1 aliphatic rings. The minimum Gasteiger partial charge on any atom is -0.388 e. The van der Waals surface area contributed by atoms with Crippen LogP contribution in [0.5, 0.6) is 0 Å². The van der Waals surface area contributed by atoms with E-state index >= 15 is 0 Å². The molecule has 0 aliphatic heterocycles. The van der Waals surface area contributed by atoms with Gasteiger partial charge in [-0.05, 0) is 31.6 Å². The average Bonchev–Trinajstić information content (AvgIpc) is 2.65. The van der Waals surface area contributed by atoms with E-state index in [-0.39, 0.29) is 5.69 Å². The van der Waals surface area contributed by atoms with Crippen LogP contribution in [0.15, 0.2) is 17.2 Å². The Kier molecular flexibility index (Phi) is 3.19. The smallest absolute Gasteiger partial charge is 0.325 e. The number of nitrogens with zero attached hydrogens (tertiary/aromatic N) is 1. The molecule has 1 aromatic rings. The Morgan fingerprint density at radius 1 is 1.56 bits per heavy atom. The topological polar surface area (TPSA) is 58.0 Å². The van der Waals surface area contributed by atoms with Crippen LogP contribution < -0.4 is 5.69 Å². The third-order valence-corrected chi connectivity index (χ3v) is 3.80. The van der Waals surface area contributed by atoms with Gasteiger partial charge in [0.1, 0.15) is 0 Å². The molecule has 0 atom stereocenters. The summed E-state index contributed by atoms with van der Waals surface area (Å²) in [5.41, 5.74) is -0.816. The zero-order valence-corrected chi connectivity index (χ0v) is 9.78. The summed E-state index contributed by atoms with van der Waals surface area (Å²) >= 11 is 0. The van der Waals surface area contributed by atoms with Gasteiger partial charge in [0.15, 0.2) is 0 Å². The number of hydrogen-bond acceptors (Lipinski definition) is 2. The van der Waals surface area contributed by atoms with Crippen molar-refractivity contribution in [3.63, 3.8) is 0 Å². The molecular formula is C12H20N2O2. The maximum atomic E-state index is 11.4. The van der Waals surface area contributed by atoms with Gasteiger partial charge in [0.25, 0.3) is 0 Å². The van der Waals surface area contributed by atoms with Gasteiger partial charge in [-0.2, -0.15) is 0 Å². The van der Waals surface area contributed by atoms with Crippen molar-refractivity contribution < 1.29 is 5.11 Å². The van der Waals surface area contributed by atoms with Crippen LogP contribution in [0, 0.1) is 5.92 Å². The van der Waals surface area contributed by atoms with Crippen LogP contribution in [0.1, 0.15) is 39.0 Å². The van der Waals surface area contributed by atoms with Gasteiger partial charge in [-0.25, -0.2) is 4.79 Å². The summed E-state index contributed by atoms with van der Waals surface area (Å²) in [6, 6.07) is 0. The van der Waals surface area contributed by atoms with Crippen LogP contribution in [-0.4, -0.2) is 20.3 Å². The van der Waals surface area contributed by atoms with E-state index in [1.54, 1.807) is 17.0 Å². The maximum absolute atomic E-state index is 11.4. The molecule has 0 bridgehead atoms. The zero-order valence-electron chi connectivity index (χ0n) is 9.78. The molecule has 2 N–H and O–H groups in total. The molecule has 1 aliphatic carbocycles. The van der Waals surface area contributed by atoms with Crippen LogP contribution >= 0.6 is 0 Å². The zero-order chi connectivity index (χ0) is 11.6. The van der Waals surface area contributed by atoms with Crippen LogP contribution in [0.4, 0.5) is 0 Å². The third-order valence-electron chi connectivity index (χ3n) is 3.80. The number of aromatic amines is 1. The predicted molar refractivity (Wildman–Crippen MR) is 62.3 cm³/mol. The van der Waals surface area contributed by atoms with Crippen molar-refractivity contribution in [3.8, 4) is 0 Å². The summed E-state index contributed by atoms with van der Waals surface area (Å²) in [7, 11) is 0. The molecule has 0 saturated heterocycles. The number of aromatic nitrogens is 2. The highest BCUT2D eigenvalue weighted by atomic mass is 16.3. The van der Waals surface area contributed by atoms with Crippen LogP contribution in [0.3, 0.4) is 0 Å². The Bertz CT molecular complexity index is 386. The number of nitrogens with one attached hydrogen (secondary N) is 1. The normalized spacial score (nSPS) is 30.5. The summed E-state index contributed by atoms with van der Waals surface area (Å²) in [5, 5.41) is 10.4. The molecule has 0 unspecified atom stereocenters. The van der Waals surface area contributed by atoms with Gasteiger partial charge in [-0.3, -0.25) is 4.57 Å². The fourth-order valence-electron chi connectivity index (χ4n) is 2.57. The molecule has 4 nitrogen and oxygen atoms in total. The summed E-state index contributed by atoms with van der Waals surface area (Å²) in [5.74, 6) is 0.753. The van der Waals surface area contributed by atoms with Crippen LogP contribution in [0.2, 0.25) is 0 Å². The van der Waals surface area contributed by atoms with E-state index in [1.165, 1.54) is 6.42 Å². The van der Waals surface area contributed by atoms with Crippen molar-refractivity contribution in [1.82, 2.24) is 9.55 Å². The van der Waals surface area contributed by atoms with Gasteiger partial charge in [0.2, 0.25) is 0 Å². The van der Waals surface area contributed by atoms with Crippen LogP contribution in [0.25, 0.3) is 0 Å². The standard InChI is InChI=1S/C12H20N2O2/c1-2-10-3-5-12(16,6-4-10)9-14-8-7-13-11(14)15/h7-8,10,16H,2-6,9H2,1H3,(H,13,15). The van der Waals surface area contributed by atoms with Crippen molar-refractivity contribution >= 4 is 0 Å². The number of hydrogen-bond donors (Lipinski definition) is 2. The van der Waals surface area contributed by atoms with Crippen molar-refractivity contribution in [2.75, 3.05) is 0 Å². The SMILES string of the molecule is CCC1CCC(O)(Cn2cc[nH]c2=O)CC1. The second-order valence-corrected chi connectivity index (χ2v) is 4.97. The quantitative estimate of drug-likeness (QED) is 0.817. The molecule has 16 heavy (non-hydrogen) atoms. The summed E-state index contributed by atoms with van der Waals surface area (Å²) in [6.45, 7) is 2.62. The summed E-state index contributed by atoms with van der Waals surface area (Å²) < 4.78 is 1.56. The Labute approximate surface area is 95.3 Å². The summed E-state index contributed by atoms with van der Waals surface area (Å²) in [6.07, 6.45) is 8.28. The van der Waals surface area contributed by atoms with Crippen molar-refractivity contribution in [1.29, 1.82) is 0 Å². The molecule has 1 heterocycles. The van der Waals surface area contributed by atoms with E-state index < -0.39 is 5.60 Å². The largest absolute Gasteiger partial charge is 0.388 e. The summed E-state index contributed by atoms with van der Waals surface area (Å²) in [4.78, 5) is 13.9. The first-order valence-electron chi connectivity index (χ1n) is 6.09. The van der Waals surface area contributed by atoms with Gasteiger partial charge in [-0.15, -0.1) is 0 Å². The first-order chi connectivity index (χ1) is 7.63. The minimum absolute atomic E-state index is 0.133. The molecule has 2 rings (SSSR count). The second kappa shape index (κ2) is 4.45. The highest BCUT2D eigenvalue weighted by Gasteiger charge is 2.33. The molecule has 0 aromatic carbocycles. The van der Waals surface area contributed by atoms with Crippen molar-refractivity contribution in [3.05, 3.63) is 22.9 Å². The highest BCUT2D eigenvalue weighted by molar-refractivity contribution is 4.88. The molecule has 4 heteroatoms. The number of aliphatic hydroxyl groups is 1. The van der Waals surface area contributed by atoms with Crippen molar-refractivity contribution in [2.24, 2.45) is 5.92 Å². The van der Waals surface area contributed by atoms with E-state index in [4.69, 9.17) is 0 Å². The van der Waals surface area contributed by atoms with Gasteiger partial charge in [0.05, 0.1) is 12.1 Å². The molecular weight excluding hydrogens is 204 g/mol. The Morgan fingerprint density at radius 3 is 2.75 bits per heavy atom. The van der Waals surface area contributed by atoms with Gasteiger partial charge in [-0.1, -0.05) is 13.3 Å². The molecule has 1 fully saturated rings. The van der Waals surface area contributed by atoms with E-state index in [0.29, 0.717) is 6.54 Å². The predicted octanol–water partition coefficient (Wildman–Crippen LogP) is 1.51. The monoisotopic (exact) mass is 224 g/mol. The Hall–Kier alpha value is -1.03. The van der Waals surface area contributed by atoms with Crippen molar-refractivity contribution in [2.45, 2.75) is 51.2 Å². The Balaban J connectivity index is 2.00. The lowest BCUT2D eigenvalue weighted by Gasteiger charge is -2.35. The maximum Gasteiger partial charge on any atom is 0.325 e. The van der Waals surface area contributed by atoms with Gasteiger partial charge in [0, 0.05) is 12.4 Å². The average molecular weight is 224 g/mol. The molecule has 0 radical (unpaired) electrons. The van der Waals surface area contributed by atoms with E-state index in [1.807, 2.05) is 0 Å². The van der Waals surface area contributed by atoms with Crippen LogP contribution in [-0.2, 0) is 6.54 Å². The lowest BCUT2D eigenvalue weighted by molar-refractivity contribution is -0.0247. The minimum atomic E-state index is -0.683. The lowest BCUT2D eigenvalue weighted by Crippen LogP contribution is -2.40. The fraction of sp³-hybridized carbons (Fsp3) is 0.750. The first-order valence-corrected chi connectivity index (χ1v) is 6.09. The Morgan fingerprint density at radius 2 is 2.25 bits per heavy atom. The molecule has 1 aromatic heterocycles. The first kappa shape index (κ1) is 11.5. The lowest BCUT2D eigenvalue weighted by atomic mass is 9.78. The molecule has 90 valence electrons. The van der Waals surface area contributed by atoms with E-state index in [0.717, 1.165) is 31.6 Å². The van der Waals surface area contributed by atoms with Gasteiger partial charge >= 0.3 is 5.69 Å². The third kappa shape index (κ3) is 2.38. The van der Waals surface area contributed by atoms with E-state index in [9.17, 15) is 9.90 Å². The fourth-order valence-corrected chi connectivity index (χ4v) is 2.57. The van der Waals surface area contributed by atoms with E-state index in [2.05, 4.69) is 11.9 Å². The molecule has 0 spiro atoms.